The second kappa shape index (κ2) is 4.72. The van der Waals surface area contributed by atoms with Crippen LogP contribution in [0.1, 0.15) is 44.1 Å². The molecule has 1 aliphatic heterocycles. The quantitative estimate of drug-likeness (QED) is 0.758. The van der Waals surface area contributed by atoms with Gasteiger partial charge in [0.25, 0.3) is 0 Å². The summed E-state index contributed by atoms with van der Waals surface area (Å²) in [6, 6.07) is 0. The number of hydrogen-bond acceptors (Lipinski definition) is 4. The van der Waals surface area contributed by atoms with Gasteiger partial charge < -0.3 is 0 Å². The van der Waals surface area contributed by atoms with Crippen molar-refractivity contribution in [2.45, 2.75) is 45.1 Å². The number of imide groups is 1. The predicted octanol–water partition coefficient (Wildman–Crippen LogP) is 1.69. The van der Waals surface area contributed by atoms with Gasteiger partial charge in [-0.2, -0.15) is 0 Å². The molecule has 1 aliphatic carbocycles. The number of rotatable bonds is 2. The summed E-state index contributed by atoms with van der Waals surface area (Å²) in [5.74, 6) is -0.0796. The van der Waals surface area contributed by atoms with Gasteiger partial charge in [0, 0.05) is 30.8 Å². The van der Waals surface area contributed by atoms with Crippen molar-refractivity contribution in [3.05, 3.63) is 24.3 Å². The molecule has 0 radical (unpaired) electrons. The summed E-state index contributed by atoms with van der Waals surface area (Å²) in [6.45, 7) is 0.300. The van der Waals surface area contributed by atoms with Gasteiger partial charge in [0.2, 0.25) is 11.8 Å². The zero-order valence-electron chi connectivity index (χ0n) is 10.8. The van der Waals surface area contributed by atoms with Crippen molar-refractivity contribution in [3.8, 4) is 0 Å². The van der Waals surface area contributed by atoms with Crippen LogP contribution in [0.15, 0.2) is 18.7 Å². The zero-order chi connectivity index (χ0) is 13.3. The van der Waals surface area contributed by atoms with Crippen LogP contribution in [-0.2, 0) is 16.1 Å². The summed E-state index contributed by atoms with van der Waals surface area (Å²) in [5, 5.41) is 0. The third-order valence-electron chi connectivity index (χ3n) is 4.27. The summed E-state index contributed by atoms with van der Waals surface area (Å²) >= 11 is 0. The van der Waals surface area contributed by atoms with Gasteiger partial charge in [-0.05, 0) is 18.3 Å². The Labute approximate surface area is 112 Å². The molecule has 0 unspecified atom stereocenters. The van der Waals surface area contributed by atoms with Gasteiger partial charge in [0.1, 0.15) is 6.33 Å². The molecule has 0 bridgehead atoms. The van der Waals surface area contributed by atoms with E-state index in [2.05, 4.69) is 9.97 Å². The zero-order valence-corrected chi connectivity index (χ0v) is 10.8. The first-order chi connectivity index (χ1) is 9.19. The van der Waals surface area contributed by atoms with Crippen LogP contribution >= 0.6 is 0 Å². The average molecular weight is 259 g/mol. The Morgan fingerprint density at radius 2 is 1.63 bits per heavy atom. The van der Waals surface area contributed by atoms with Gasteiger partial charge in [-0.3, -0.25) is 14.5 Å². The minimum absolute atomic E-state index is 0.0299. The van der Waals surface area contributed by atoms with Crippen molar-refractivity contribution in [1.29, 1.82) is 0 Å². The first-order valence-corrected chi connectivity index (χ1v) is 6.76. The number of carbonyl (C=O) groups excluding carboxylic acids is 2. The van der Waals surface area contributed by atoms with E-state index in [0.29, 0.717) is 19.4 Å². The van der Waals surface area contributed by atoms with Crippen molar-refractivity contribution in [1.82, 2.24) is 14.9 Å². The molecule has 2 amide bonds. The van der Waals surface area contributed by atoms with Crippen LogP contribution < -0.4 is 0 Å². The molecular weight excluding hydrogens is 242 g/mol. The van der Waals surface area contributed by atoms with E-state index in [1.807, 2.05) is 0 Å². The normalized spacial score (nSPS) is 22.2. The molecule has 1 spiro atoms. The summed E-state index contributed by atoms with van der Waals surface area (Å²) in [5.41, 5.74) is 0.768. The number of aromatic nitrogens is 2. The molecule has 1 saturated heterocycles. The smallest absolute Gasteiger partial charge is 0.230 e. The standard InChI is InChI=1S/C14H17N3O2/c18-12-5-14(3-1-2-4-14)6-13(19)17(12)9-11-7-15-10-16-8-11/h7-8,10H,1-6,9H2. The van der Waals surface area contributed by atoms with E-state index in [9.17, 15) is 9.59 Å². The molecule has 0 atom stereocenters. The molecule has 0 N–H and O–H groups in total. The Hall–Kier alpha value is -1.78. The molecular formula is C14H17N3O2. The number of hydrogen-bond donors (Lipinski definition) is 0. The van der Waals surface area contributed by atoms with E-state index in [-0.39, 0.29) is 17.2 Å². The fraction of sp³-hybridized carbons (Fsp3) is 0.571. The van der Waals surface area contributed by atoms with Crippen molar-refractivity contribution >= 4 is 11.8 Å². The summed E-state index contributed by atoms with van der Waals surface area (Å²) in [7, 11) is 0. The van der Waals surface area contributed by atoms with E-state index in [0.717, 1.165) is 31.2 Å². The molecule has 5 heteroatoms. The number of carbonyl (C=O) groups is 2. The van der Waals surface area contributed by atoms with Crippen LogP contribution in [0.2, 0.25) is 0 Å². The fourth-order valence-corrected chi connectivity index (χ4v) is 3.28. The van der Waals surface area contributed by atoms with Crippen LogP contribution in [0.4, 0.5) is 0 Å². The van der Waals surface area contributed by atoms with Gasteiger partial charge in [-0.15, -0.1) is 0 Å². The van der Waals surface area contributed by atoms with Gasteiger partial charge >= 0.3 is 0 Å². The minimum atomic E-state index is -0.0398. The van der Waals surface area contributed by atoms with Gasteiger partial charge in [0.15, 0.2) is 0 Å². The SMILES string of the molecule is O=C1CC2(CCCC2)CC(=O)N1Cc1cncnc1. The van der Waals surface area contributed by atoms with Gasteiger partial charge in [0.05, 0.1) is 6.54 Å². The van der Waals surface area contributed by atoms with E-state index >= 15 is 0 Å². The maximum absolute atomic E-state index is 12.2. The topological polar surface area (TPSA) is 63.2 Å². The molecule has 2 heterocycles. The highest BCUT2D eigenvalue weighted by molar-refractivity contribution is 5.98. The van der Waals surface area contributed by atoms with Crippen LogP contribution in [-0.4, -0.2) is 26.7 Å². The third-order valence-corrected chi connectivity index (χ3v) is 4.27. The molecule has 19 heavy (non-hydrogen) atoms. The molecule has 1 aromatic heterocycles. The Morgan fingerprint density at radius 3 is 2.21 bits per heavy atom. The molecule has 5 nitrogen and oxygen atoms in total. The second-order valence-corrected chi connectivity index (χ2v) is 5.68. The van der Waals surface area contributed by atoms with E-state index in [1.165, 1.54) is 11.2 Å². The average Bonchev–Trinajstić information content (AvgIpc) is 2.83. The number of piperidine rings is 1. The Morgan fingerprint density at radius 1 is 1.05 bits per heavy atom. The fourth-order valence-electron chi connectivity index (χ4n) is 3.28. The largest absolute Gasteiger partial charge is 0.278 e. The third kappa shape index (κ3) is 2.37. The van der Waals surface area contributed by atoms with E-state index in [4.69, 9.17) is 0 Å². The monoisotopic (exact) mass is 259 g/mol. The van der Waals surface area contributed by atoms with E-state index < -0.39 is 0 Å². The lowest BCUT2D eigenvalue weighted by molar-refractivity contribution is -0.154. The van der Waals surface area contributed by atoms with Crippen molar-refractivity contribution in [2.75, 3.05) is 0 Å². The summed E-state index contributed by atoms with van der Waals surface area (Å²) in [6.07, 6.45) is 10.1. The molecule has 1 saturated carbocycles. The molecule has 0 aromatic carbocycles. The first-order valence-electron chi connectivity index (χ1n) is 6.76. The predicted molar refractivity (Wildman–Crippen MR) is 67.7 cm³/mol. The highest BCUT2D eigenvalue weighted by Gasteiger charge is 2.44. The lowest BCUT2D eigenvalue weighted by Gasteiger charge is -2.37. The highest BCUT2D eigenvalue weighted by atomic mass is 16.2. The molecule has 2 fully saturated rings. The number of amides is 2. The lowest BCUT2D eigenvalue weighted by atomic mass is 9.76. The maximum Gasteiger partial charge on any atom is 0.230 e. The number of likely N-dealkylation sites (tertiary alicyclic amines) is 1. The lowest BCUT2D eigenvalue weighted by Crippen LogP contribution is -2.46. The summed E-state index contributed by atoms with van der Waals surface area (Å²) < 4.78 is 0. The van der Waals surface area contributed by atoms with E-state index in [1.54, 1.807) is 12.4 Å². The molecule has 1 aromatic rings. The Kier molecular flexibility index (Phi) is 3.05. The Balaban J connectivity index is 1.74. The highest BCUT2D eigenvalue weighted by Crippen LogP contribution is 2.47. The van der Waals surface area contributed by atoms with Crippen LogP contribution in [0.25, 0.3) is 0 Å². The molecule has 3 rings (SSSR count). The van der Waals surface area contributed by atoms with Gasteiger partial charge in [-0.25, -0.2) is 9.97 Å². The summed E-state index contributed by atoms with van der Waals surface area (Å²) in [4.78, 5) is 33.7. The number of nitrogens with zero attached hydrogens (tertiary/aromatic N) is 3. The minimum Gasteiger partial charge on any atom is -0.278 e. The second-order valence-electron chi connectivity index (χ2n) is 5.68. The van der Waals surface area contributed by atoms with Crippen molar-refractivity contribution in [2.24, 2.45) is 5.41 Å². The van der Waals surface area contributed by atoms with Gasteiger partial charge in [-0.1, -0.05) is 12.8 Å². The van der Waals surface area contributed by atoms with Crippen LogP contribution in [0, 0.1) is 5.41 Å². The van der Waals surface area contributed by atoms with Crippen LogP contribution in [0.5, 0.6) is 0 Å². The molecule has 100 valence electrons. The molecule has 2 aliphatic rings. The van der Waals surface area contributed by atoms with Crippen molar-refractivity contribution in [3.63, 3.8) is 0 Å². The maximum atomic E-state index is 12.2. The van der Waals surface area contributed by atoms with Crippen LogP contribution in [0.3, 0.4) is 0 Å². The Bertz CT molecular complexity index is 475. The first kappa shape index (κ1) is 12.3. The van der Waals surface area contributed by atoms with Crippen molar-refractivity contribution < 1.29 is 9.59 Å².